The zero-order chi connectivity index (χ0) is 18.1. The third kappa shape index (κ3) is 7.34. The van der Waals surface area contributed by atoms with Crippen LogP contribution < -0.4 is 16.0 Å². The van der Waals surface area contributed by atoms with Gasteiger partial charge in [0.25, 0.3) is 5.91 Å². The van der Waals surface area contributed by atoms with Gasteiger partial charge in [0.1, 0.15) is 0 Å². The van der Waals surface area contributed by atoms with Gasteiger partial charge in [0.15, 0.2) is 5.96 Å². The molecule has 3 N–H and O–H groups in total. The van der Waals surface area contributed by atoms with E-state index in [1.165, 1.54) is 19.3 Å². The molecule has 1 aromatic rings. The summed E-state index contributed by atoms with van der Waals surface area (Å²) in [7, 11) is 1.65. The molecule has 1 aliphatic carbocycles. The number of halogens is 1. The van der Waals surface area contributed by atoms with Crippen LogP contribution in [0.2, 0.25) is 0 Å². The maximum atomic E-state index is 11.7. The van der Waals surface area contributed by atoms with Gasteiger partial charge in [-0.3, -0.25) is 9.79 Å². The van der Waals surface area contributed by atoms with E-state index >= 15 is 0 Å². The molecule has 1 aromatic carbocycles. The third-order valence-corrected chi connectivity index (χ3v) is 5.58. The van der Waals surface area contributed by atoms with Gasteiger partial charge in [-0.15, -0.1) is 24.0 Å². The van der Waals surface area contributed by atoms with Crippen LogP contribution in [-0.2, 0) is 6.42 Å². The van der Waals surface area contributed by atoms with Crippen LogP contribution in [-0.4, -0.2) is 49.6 Å². The summed E-state index contributed by atoms with van der Waals surface area (Å²) in [5, 5.41) is 10.3. The van der Waals surface area contributed by atoms with Crippen molar-refractivity contribution in [3.63, 3.8) is 0 Å². The lowest BCUT2D eigenvalue weighted by Crippen LogP contribution is -2.42. The number of hydrogen-bond donors (Lipinski definition) is 3. The smallest absolute Gasteiger partial charge is 0.251 e. The van der Waals surface area contributed by atoms with E-state index in [0.717, 1.165) is 29.7 Å². The third-order valence-electron chi connectivity index (χ3n) is 4.49. The number of rotatable bonds is 7. The highest BCUT2D eigenvalue weighted by atomic mass is 127. The van der Waals surface area contributed by atoms with Crippen molar-refractivity contribution in [3.05, 3.63) is 35.4 Å². The second-order valence-electron chi connectivity index (χ2n) is 6.30. The number of hydrogen-bond acceptors (Lipinski definition) is 3. The van der Waals surface area contributed by atoms with Crippen molar-refractivity contribution in [1.82, 2.24) is 16.0 Å². The molecule has 0 aromatic heterocycles. The zero-order valence-corrected chi connectivity index (χ0v) is 19.0. The molecule has 0 bridgehead atoms. The first-order valence-corrected chi connectivity index (χ1v) is 10.3. The molecule has 0 radical (unpaired) electrons. The molecule has 0 heterocycles. The quantitative estimate of drug-likeness (QED) is 0.313. The Kier molecular flexibility index (Phi) is 11.0. The molecule has 2 rings (SSSR count). The number of amides is 1. The Balaban J connectivity index is 0.00000338. The number of aliphatic imine (C=N–C) groups is 1. The summed E-state index contributed by atoms with van der Waals surface area (Å²) in [5.74, 6) is 0.849. The minimum absolute atomic E-state index is 0. The van der Waals surface area contributed by atoms with Gasteiger partial charge in [-0.05, 0) is 56.6 Å². The topological polar surface area (TPSA) is 65.5 Å². The molecule has 1 aliphatic rings. The summed E-state index contributed by atoms with van der Waals surface area (Å²) >= 11 is 1.96. The zero-order valence-electron chi connectivity index (χ0n) is 15.9. The maximum absolute atomic E-state index is 11.7. The van der Waals surface area contributed by atoms with E-state index in [1.807, 2.05) is 36.0 Å². The van der Waals surface area contributed by atoms with Gasteiger partial charge < -0.3 is 16.0 Å². The maximum Gasteiger partial charge on any atom is 0.251 e. The van der Waals surface area contributed by atoms with E-state index in [9.17, 15) is 4.79 Å². The first-order valence-electron chi connectivity index (χ1n) is 9.05. The normalized spacial score (nSPS) is 19.6. The molecule has 2 unspecified atom stereocenters. The first-order chi connectivity index (χ1) is 12.2. The fraction of sp³-hybridized carbons (Fsp3) is 0.579. The van der Waals surface area contributed by atoms with Crippen LogP contribution in [0.15, 0.2) is 29.3 Å². The summed E-state index contributed by atoms with van der Waals surface area (Å²) < 4.78 is 0. The van der Waals surface area contributed by atoms with Gasteiger partial charge in [-0.25, -0.2) is 0 Å². The molecule has 0 aliphatic heterocycles. The van der Waals surface area contributed by atoms with Crippen LogP contribution in [0, 0.1) is 0 Å². The Labute approximate surface area is 178 Å². The molecule has 2 atom stereocenters. The van der Waals surface area contributed by atoms with Crippen LogP contribution in [0.5, 0.6) is 0 Å². The Bertz CT molecular complexity index is 597. The van der Waals surface area contributed by atoms with E-state index in [1.54, 1.807) is 7.05 Å². The molecular weight excluding hydrogens is 459 g/mol. The van der Waals surface area contributed by atoms with E-state index in [4.69, 9.17) is 4.99 Å². The van der Waals surface area contributed by atoms with Gasteiger partial charge in [-0.2, -0.15) is 11.8 Å². The average Bonchev–Trinajstić information content (AvgIpc) is 3.09. The lowest BCUT2D eigenvalue weighted by Gasteiger charge is -2.17. The highest BCUT2D eigenvalue weighted by Crippen LogP contribution is 2.27. The predicted octanol–water partition coefficient (Wildman–Crippen LogP) is 3.05. The highest BCUT2D eigenvalue weighted by Gasteiger charge is 2.24. The summed E-state index contributed by atoms with van der Waals surface area (Å²) in [6.07, 6.45) is 6.72. The van der Waals surface area contributed by atoms with Gasteiger partial charge in [0.2, 0.25) is 0 Å². The van der Waals surface area contributed by atoms with E-state index in [0.29, 0.717) is 18.2 Å². The Hall–Kier alpha value is -0.960. The molecule has 1 saturated carbocycles. The predicted molar refractivity (Wildman–Crippen MR) is 123 cm³/mol. The molecule has 1 amide bonds. The van der Waals surface area contributed by atoms with Crippen molar-refractivity contribution >= 4 is 47.6 Å². The van der Waals surface area contributed by atoms with Crippen molar-refractivity contribution in [2.75, 3.05) is 26.4 Å². The molecular formula is C19H31IN4OS. The monoisotopic (exact) mass is 490 g/mol. The van der Waals surface area contributed by atoms with Crippen LogP contribution in [0.1, 0.15) is 42.1 Å². The number of nitrogens with one attached hydrogen (secondary N) is 3. The molecule has 26 heavy (non-hydrogen) atoms. The average molecular weight is 490 g/mol. The number of carbonyl (C=O) groups excluding carboxylic acids is 1. The van der Waals surface area contributed by atoms with Crippen LogP contribution in [0.25, 0.3) is 0 Å². The molecule has 7 heteroatoms. The Morgan fingerprint density at radius 1 is 1.35 bits per heavy atom. The van der Waals surface area contributed by atoms with E-state index in [2.05, 4.69) is 29.1 Å². The number of guanidine groups is 1. The summed E-state index contributed by atoms with van der Waals surface area (Å²) in [5.41, 5.74) is 1.83. The first kappa shape index (κ1) is 23.1. The standard InChI is InChI=1S/C19H30N4OS.HI/c1-4-21-19(23-16-8-9-17(13-16)25-3)22-11-10-14-6-5-7-15(12-14)18(24)20-2;/h5-7,12,16-17H,4,8-11,13H2,1-3H3,(H,20,24)(H2,21,22,23);1H. The second-order valence-corrected chi connectivity index (χ2v) is 7.44. The molecule has 0 spiro atoms. The fourth-order valence-electron chi connectivity index (χ4n) is 3.11. The lowest BCUT2D eigenvalue weighted by atomic mass is 10.1. The fourth-order valence-corrected chi connectivity index (χ4v) is 3.90. The minimum Gasteiger partial charge on any atom is -0.357 e. The number of nitrogens with zero attached hydrogens (tertiary/aromatic N) is 1. The van der Waals surface area contributed by atoms with Gasteiger partial charge >= 0.3 is 0 Å². The highest BCUT2D eigenvalue weighted by molar-refractivity contribution is 14.0. The van der Waals surface area contributed by atoms with Gasteiger partial charge in [0.05, 0.1) is 0 Å². The van der Waals surface area contributed by atoms with E-state index < -0.39 is 0 Å². The van der Waals surface area contributed by atoms with Crippen LogP contribution >= 0.6 is 35.7 Å². The summed E-state index contributed by atoms with van der Waals surface area (Å²) in [6.45, 7) is 3.64. The van der Waals surface area contributed by atoms with Gasteiger partial charge in [0, 0.05) is 37.0 Å². The SMILES string of the molecule is CCNC(=NCCc1cccc(C(=O)NC)c1)NC1CCC(SC)C1.I. The van der Waals surface area contributed by atoms with Crippen molar-refractivity contribution in [2.24, 2.45) is 4.99 Å². The molecule has 1 fully saturated rings. The van der Waals surface area contributed by atoms with Crippen molar-refractivity contribution in [1.29, 1.82) is 0 Å². The van der Waals surface area contributed by atoms with Crippen LogP contribution in [0.3, 0.4) is 0 Å². The van der Waals surface area contributed by atoms with Crippen molar-refractivity contribution in [2.45, 2.75) is 43.9 Å². The number of thioether (sulfide) groups is 1. The Morgan fingerprint density at radius 3 is 2.81 bits per heavy atom. The Morgan fingerprint density at radius 2 is 2.15 bits per heavy atom. The summed E-state index contributed by atoms with van der Waals surface area (Å²) in [6, 6.07) is 8.26. The summed E-state index contributed by atoms with van der Waals surface area (Å²) in [4.78, 5) is 16.4. The van der Waals surface area contributed by atoms with Crippen molar-refractivity contribution < 1.29 is 4.79 Å². The van der Waals surface area contributed by atoms with Crippen LogP contribution in [0.4, 0.5) is 0 Å². The largest absolute Gasteiger partial charge is 0.357 e. The van der Waals surface area contributed by atoms with E-state index in [-0.39, 0.29) is 29.9 Å². The van der Waals surface area contributed by atoms with Gasteiger partial charge in [-0.1, -0.05) is 12.1 Å². The minimum atomic E-state index is -0.0510. The molecule has 146 valence electrons. The lowest BCUT2D eigenvalue weighted by molar-refractivity contribution is 0.0963. The second kappa shape index (κ2) is 12.4. The molecule has 5 nitrogen and oxygen atoms in total. The molecule has 0 saturated heterocycles. The number of benzene rings is 1. The van der Waals surface area contributed by atoms with Crippen molar-refractivity contribution in [3.8, 4) is 0 Å². The number of carbonyl (C=O) groups is 1.